The highest BCUT2D eigenvalue weighted by Gasteiger charge is 2.32. The van der Waals surface area contributed by atoms with E-state index in [1.165, 1.54) is 12.1 Å². The summed E-state index contributed by atoms with van der Waals surface area (Å²) < 4.78 is 37.2. The van der Waals surface area contributed by atoms with Gasteiger partial charge >= 0.3 is 6.18 Å². The first-order chi connectivity index (χ1) is 7.30. The molecule has 0 saturated heterocycles. The number of hydrogen-bond acceptors (Lipinski definition) is 2. The number of nitrogens with zero attached hydrogens (tertiary/aromatic N) is 2. The van der Waals surface area contributed by atoms with Crippen LogP contribution in [0.2, 0.25) is 0 Å². The molecule has 0 fully saturated rings. The van der Waals surface area contributed by atoms with E-state index >= 15 is 0 Å². The normalized spacial score (nSPS) is 11.3. The summed E-state index contributed by atoms with van der Waals surface area (Å²) in [4.78, 5) is 5.18. The largest absolute Gasteiger partial charge is 0.433 e. The van der Waals surface area contributed by atoms with E-state index < -0.39 is 11.9 Å². The first-order valence-electron chi connectivity index (χ1n) is 4.70. The minimum atomic E-state index is -4.40. The SMILES string of the molecule is C=C(C)CN(C)c1cccc(C(F)(F)F)n1. The number of rotatable bonds is 3. The third-order valence-electron chi connectivity index (χ3n) is 1.92. The van der Waals surface area contributed by atoms with E-state index in [2.05, 4.69) is 11.6 Å². The van der Waals surface area contributed by atoms with E-state index in [4.69, 9.17) is 0 Å². The van der Waals surface area contributed by atoms with Gasteiger partial charge in [-0.05, 0) is 19.1 Å². The summed E-state index contributed by atoms with van der Waals surface area (Å²) in [5, 5.41) is 0. The van der Waals surface area contributed by atoms with Crippen LogP contribution in [0.3, 0.4) is 0 Å². The second kappa shape index (κ2) is 4.55. The highest BCUT2D eigenvalue weighted by molar-refractivity contribution is 5.40. The summed E-state index contributed by atoms with van der Waals surface area (Å²) in [7, 11) is 1.68. The first kappa shape index (κ1) is 12.5. The molecular weight excluding hydrogens is 217 g/mol. The monoisotopic (exact) mass is 230 g/mol. The molecule has 0 amide bonds. The number of pyridine rings is 1. The minimum absolute atomic E-state index is 0.290. The molecule has 0 aliphatic heterocycles. The lowest BCUT2D eigenvalue weighted by Gasteiger charge is -2.19. The maximum absolute atomic E-state index is 12.4. The lowest BCUT2D eigenvalue weighted by molar-refractivity contribution is -0.141. The minimum Gasteiger partial charge on any atom is -0.356 e. The average Bonchev–Trinajstić information content (AvgIpc) is 2.15. The Bertz CT molecular complexity index is 385. The topological polar surface area (TPSA) is 16.1 Å². The molecule has 88 valence electrons. The van der Waals surface area contributed by atoms with Crippen LogP contribution in [0.15, 0.2) is 30.4 Å². The zero-order chi connectivity index (χ0) is 12.3. The van der Waals surface area contributed by atoms with Crippen molar-refractivity contribution in [3.63, 3.8) is 0 Å². The van der Waals surface area contributed by atoms with Crippen LogP contribution in [-0.4, -0.2) is 18.6 Å². The Labute approximate surface area is 92.4 Å². The molecule has 1 aromatic rings. The molecule has 0 N–H and O–H groups in total. The molecule has 0 unspecified atom stereocenters. The molecule has 0 aliphatic carbocycles. The molecule has 16 heavy (non-hydrogen) atoms. The Morgan fingerprint density at radius 2 is 2.06 bits per heavy atom. The standard InChI is InChI=1S/C11H13F3N2/c1-8(2)7-16(3)10-6-4-5-9(15-10)11(12,13)14/h4-6H,1,7H2,2-3H3. The van der Waals surface area contributed by atoms with Crippen LogP contribution in [0.1, 0.15) is 12.6 Å². The molecule has 5 heteroatoms. The second-order valence-corrected chi connectivity index (χ2v) is 3.69. The molecule has 0 radical (unpaired) electrons. The van der Waals surface area contributed by atoms with Crippen LogP contribution in [0.25, 0.3) is 0 Å². The molecule has 1 aromatic heterocycles. The van der Waals surface area contributed by atoms with Gasteiger partial charge in [-0.1, -0.05) is 18.2 Å². The van der Waals surface area contributed by atoms with Crippen molar-refractivity contribution in [2.24, 2.45) is 0 Å². The van der Waals surface area contributed by atoms with Gasteiger partial charge in [0.2, 0.25) is 0 Å². The van der Waals surface area contributed by atoms with E-state index in [1.807, 2.05) is 6.92 Å². The average molecular weight is 230 g/mol. The van der Waals surface area contributed by atoms with Gasteiger partial charge in [-0.15, -0.1) is 0 Å². The molecule has 0 bridgehead atoms. The summed E-state index contributed by atoms with van der Waals surface area (Å²) in [6.45, 7) is 5.99. The van der Waals surface area contributed by atoms with Crippen LogP contribution >= 0.6 is 0 Å². The van der Waals surface area contributed by atoms with Gasteiger partial charge in [0.05, 0.1) is 0 Å². The fourth-order valence-corrected chi connectivity index (χ4v) is 1.28. The van der Waals surface area contributed by atoms with Crippen molar-refractivity contribution in [3.05, 3.63) is 36.0 Å². The zero-order valence-corrected chi connectivity index (χ0v) is 9.17. The van der Waals surface area contributed by atoms with Gasteiger partial charge < -0.3 is 4.90 Å². The third kappa shape index (κ3) is 3.25. The number of hydrogen-bond donors (Lipinski definition) is 0. The van der Waals surface area contributed by atoms with Gasteiger partial charge in [-0.2, -0.15) is 13.2 Å². The highest BCUT2D eigenvalue weighted by atomic mass is 19.4. The van der Waals surface area contributed by atoms with Gasteiger partial charge in [0, 0.05) is 13.6 Å². The lowest BCUT2D eigenvalue weighted by atomic mass is 10.3. The number of aromatic nitrogens is 1. The van der Waals surface area contributed by atoms with E-state index in [0.717, 1.165) is 11.6 Å². The smallest absolute Gasteiger partial charge is 0.356 e. The number of alkyl halides is 3. The van der Waals surface area contributed by atoms with Gasteiger partial charge in [0.15, 0.2) is 0 Å². The van der Waals surface area contributed by atoms with Crippen molar-refractivity contribution >= 4 is 5.82 Å². The molecule has 0 aliphatic rings. The Morgan fingerprint density at radius 3 is 2.56 bits per heavy atom. The number of halogens is 3. The fourth-order valence-electron chi connectivity index (χ4n) is 1.28. The Hall–Kier alpha value is -1.52. The zero-order valence-electron chi connectivity index (χ0n) is 9.17. The fraction of sp³-hybridized carbons (Fsp3) is 0.364. The van der Waals surface area contributed by atoms with Gasteiger partial charge in [-0.3, -0.25) is 0 Å². The molecule has 1 heterocycles. The Balaban J connectivity index is 2.94. The van der Waals surface area contributed by atoms with E-state index in [-0.39, 0.29) is 5.82 Å². The molecule has 0 spiro atoms. The van der Waals surface area contributed by atoms with E-state index in [1.54, 1.807) is 11.9 Å². The summed E-state index contributed by atoms with van der Waals surface area (Å²) in [5.41, 5.74) is -0.0136. The van der Waals surface area contributed by atoms with Crippen LogP contribution < -0.4 is 4.90 Å². The second-order valence-electron chi connectivity index (χ2n) is 3.69. The van der Waals surface area contributed by atoms with Crippen molar-refractivity contribution in [1.82, 2.24) is 4.98 Å². The van der Waals surface area contributed by atoms with Gasteiger partial charge in [0.25, 0.3) is 0 Å². The maximum Gasteiger partial charge on any atom is 0.433 e. The molecule has 0 saturated carbocycles. The number of anilines is 1. The van der Waals surface area contributed by atoms with Crippen LogP contribution in [0, 0.1) is 0 Å². The van der Waals surface area contributed by atoms with E-state index in [0.29, 0.717) is 6.54 Å². The summed E-state index contributed by atoms with van der Waals surface area (Å²) in [6, 6.07) is 3.84. The molecule has 0 aromatic carbocycles. The number of likely N-dealkylation sites (N-methyl/N-ethyl adjacent to an activating group) is 1. The predicted octanol–water partition coefficient (Wildman–Crippen LogP) is 3.11. The van der Waals surface area contributed by atoms with Crippen LogP contribution in [0.5, 0.6) is 0 Å². The third-order valence-corrected chi connectivity index (χ3v) is 1.92. The van der Waals surface area contributed by atoms with Crippen molar-refractivity contribution in [2.75, 3.05) is 18.5 Å². The summed E-state index contributed by atoms with van der Waals surface area (Å²) in [6.07, 6.45) is -4.40. The lowest BCUT2D eigenvalue weighted by Crippen LogP contribution is -2.21. The highest BCUT2D eigenvalue weighted by Crippen LogP contribution is 2.28. The summed E-state index contributed by atoms with van der Waals surface area (Å²) >= 11 is 0. The van der Waals surface area contributed by atoms with Crippen molar-refractivity contribution < 1.29 is 13.2 Å². The van der Waals surface area contributed by atoms with Crippen LogP contribution in [-0.2, 0) is 6.18 Å². The maximum atomic E-state index is 12.4. The Kier molecular flexibility index (Phi) is 3.57. The van der Waals surface area contributed by atoms with E-state index in [9.17, 15) is 13.2 Å². The molecule has 2 nitrogen and oxygen atoms in total. The van der Waals surface area contributed by atoms with Crippen molar-refractivity contribution in [2.45, 2.75) is 13.1 Å². The van der Waals surface area contributed by atoms with Gasteiger partial charge in [-0.25, -0.2) is 4.98 Å². The molecular formula is C11H13F3N2. The Morgan fingerprint density at radius 1 is 1.44 bits per heavy atom. The summed E-state index contributed by atoms with van der Waals surface area (Å²) in [5.74, 6) is 0.290. The molecule has 0 atom stereocenters. The first-order valence-corrected chi connectivity index (χ1v) is 4.70. The molecule has 1 rings (SSSR count). The van der Waals surface area contributed by atoms with Gasteiger partial charge in [0.1, 0.15) is 11.5 Å². The van der Waals surface area contributed by atoms with Crippen LogP contribution in [0.4, 0.5) is 19.0 Å². The predicted molar refractivity (Wildman–Crippen MR) is 57.3 cm³/mol. The quantitative estimate of drug-likeness (QED) is 0.742. The van der Waals surface area contributed by atoms with Crippen molar-refractivity contribution in [3.8, 4) is 0 Å². The van der Waals surface area contributed by atoms with Crippen molar-refractivity contribution in [1.29, 1.82) is 0 Å².